The fraction of sp³-hybridized carbons (Fsp3) is 1.00. The van der Waals surface area contributed by atoms with Gasteiger partial charge in [-0.3, -0.25) is 0 Å². The Kier molecular flexibility index (Phi) is 6.26. The Bertz CT molecular complexity index is 155. The molecule has 1 N–H and O–H groups in total. The second-order valence-electron chi connectivity index (χ2n) is 4.81. The monoisotopic (exact) mass is 213 g/mol. The average Bonchev–Trinajstić information content (AvgIpc) is 2.76. The van der Waals surface area contributed by atoms with Crippen LogP contribution < -0.4 is 5.32 Å². The lowest BCUT2D eigenvalue weighted by molar-refractivity contribution is 0.100. The van der Waals surface area contributed by atoms with E-state index in [0.29, 0.717) is 12.1 Å². The van der Waals surface area contributed by atoms with Crippen LogP contribution in [0.15, 0.2) is 0 Å². The zero-order valence-electron chi connectivity index (χ0n) is 10.6. The van der Waals surface area contributed by atoms with Crippen molar-refractivity contribution in [3.05, 3.63) is 0 Å². The molecule has 2 heteroatoms. The Morgan fingerprint density at radius 1 is 1.47 bits per heavy atom. The van der Waals surface area contributed by atoms with E-state index in [2.05, 4.69) is 26.2 Å². The summed E-state index contributed by atoms with van der Waals surface area (Å²) in [6.07, 6.45) is 8.37. The first-order valence-electron chi connectivity index (χ1n) is 6.56. The van der Waals surface area contributed by atoms with E-state index < -0.39 is 0 Å². The van der Waals surface area contributed by atoms with Crippen molar-refractivity contribution in [2.24, 2.45) is 5.92 Å². The van der Waals surface area contributed by atoms with E-state index in [4.69, 9.17) is 4.74 Å². The molecule has 1 saturated heterocycles. The minimum Gasteiger partial charge on any atom is -0.378 e. The first kappa shape index (κ1) is 13.0. The molecule has 1 aliphatic rings. The third kappa shape index (κ3) is 4.52. The summed E-state index contributed by atoms with van der Waals surface area (Å²) in [5, 5.41) is 3.36. The second kappa shape index (κ2) is 7.24. The summed E-state index contributed by atoms with van der Waals surface area (Å²) in [5.74, 6) is 0.830. The molecule has 0 spiro atoms. The van der Waals surface area contributed by atoms with Gasteiger partial charge in [0, 0.05) is 12.6 Å². The summed E-state index contributed by atoms with van der Waals surface area (Å²) in [6, 6.07) is 0.652. The van der Waals surface area contributed by atoms with E-state index in [1.54, 1.807) is 0 Å². The molecule has 0 aromatic carbocycles. The van der Waals surface area contributed by atoms with E-state index in [9.17, 15) is 0 Å². The Labute approximate surface area is 94.8 Å². The first-order valence-corrected chi connectivity index (χ1v) is 6.56. The molecule has 0 bridgehead atoms. The van der Waals surface area contributed by atoms with Crippen LogP contribution in [0.5, 0.6) is 0 Å². The van der Waals surface area contributed by atoms with Gasteiger partial charge in [0.15, 0.2) is 0 Å². The molecule has 0 aromatic rings. The van der Waals surface area contributed by atoms with Gasteiger partial charge in [0.05, 0.1) is 6.10 Å². The summed E-state index contributed by atoms with van der Waals surface area (Å²) in [4.78, 5) is 0. The van der Waals surface area contributed by atoms with Gasteiger partial charge in [0.2, 0.25) is 0 Å². The summed E-state index contributed by atoms with van der Waals surface area (Å²) < 4.78 is 5.64. The molecule has 0 saturated carbocycles. The van der Waals surface area contributed by atoms with Gasteiger partial charge in [-0.05, 0) is 45.6 Å². The zero-order valence-corrected chi connectivity index (χ0v) is 10.6. The SMILES string of the molecule is CCC(CCCC1CCCO1)C(C)NC. The number of rotatable bonds is 7. The van der Waals surface area contributed by atoms with Crippen molar-refractivity contribution >= 4 is 0 Å². The molecule has 90 valence electrons. The van der Waals surface area contributed by atoms with Gasteiger partial charge in [-0.2, -0.15) is 0 Å². The number of hydrogen-bond donors (Lipinski definition) is 1. The molecule has 0 aromatic heterocycles. The minimum absolute atomic E-state index is 0.576. The second-order valence-corrected chi connectivity index (χ2v) is 4.81. The smallest absolute Gasteiger partial charge is 0.0576 e. The van der Waals surface area contributed by atoms with Crippen LogP contribution in [0, 0.1) is 5.92 Å². The van der Waals surface area contributed by atoms with Crippen LogP contribution in [0.1, 0.15) is 52.4 Å². The highest BCUT2D eigenvalue weighted by Crippen LogP contribution is 2.21. The summed E-state index contributed by atoms with van der Waals surface area (Å²) >= 11 is 0. The van der Waals surface area contributed by atoms with Crippen LogP contribution >= 0.6 is 0 Å². The Morgan fingerprint density at radius 3 is 2.80 bits per heavy atom. The van der Waals surface area contributed by atoms with E-state index >= 15 is 0 Å². The lowest BCUT2D eigenvalue weighted by Crippen LogP contribution is -2.30. The maximum atomic E-state index is 5.64. The molecule has 3 atom stereocenters. The van der Waals surface area contributed by atoms with Crippen LogP contribution in [0.25, 0.3) is 0 Å². The molecule has 1 rings (SSSR count). The van der Waals surface area contributed by atoms with Crippen molar-refractivity contribution < 1.29 is 4.74 Å². The van der Waals surface area contributed by atoms with Gasteiger partial charge in [-0.1, -0.05) is 19.8 Å². The molecule has 0 aliphatic carbocycles. The topological polar surface area (TPSA) is 21.3 Å². The van der Waals surface area contributed by atoms with Crippen LogP contribution in [0.3, 0.4) is 0 Å². The molecule has 15 heavy (non-hydrogen) atoms. The van der Waals surface area contributed by atoms with Gasteiger partial charge in [-0.25, -0.2) is 0 Å². The van der Waals surface area contributed by atoms with Gasteiger partial charge < -0.3 is 10.1 Å². The summed E-state index contributed by atoms with van der Waals surface area (Å²) in [6.45, 7) is 5.58. The van der Waals surface area contributed by atoms with Crippen LogP contribution in [-0.2, 0) is 4.74 Å². The van der Waals surface area contributed by atoms with Crippen molar-refractivity contribution in [1.29, 1.82) is 0 Å². The highest BCUT2D eigenvalue weighted by atomic mass is 16.5. The van der Waals surface area contributed by atoms with Crippen LogP contribution in [-0.4, -0.2) is 25.8 Å². The maximum Gasteiger partial charge on any atom is 0.0576 e. The molecule has 1 fully saturated rings. The fourth-order valence-corrected chi connectivity index (χ4v) is 2.52. The van der Waals surface area contributed by atoms with Crippen molar-refractivity contribution in [1.82, 2.24) is 5.32 Å². The quantitative estimate of drug-likeness (QED) is 0.702. The Balaban J connectivity index is 2.10. The van der Waals surface area contributed by atoms with Gasteiger partial charge >= 0.3 is 0 Å². The standard InChI is InChI=1S/C13H27NO/c1-4-12(11(2)14-3)7-5-8-13-9-6-10-15-13/h11-14H,4-10H2,1-3H3. The van der Waals surface area contributed by atoms with Gasteiger partial charge in [0.25, 0.3) is 0 Å². The van der Waals surface area contributed by atoms with E-state index in [1.165, 1.54) is 38.5 Å². The number of ether oxygens (including phenoxy) is 1. The van der Waals surface area contributed by atoms with E-state index in [1.807, 2.05) is 0 Å². The van der Waals surface area contributed by atoms with Crippen molar-refractivity contribution in [3.63, 3.8) is 0 Å². The Morgan fingerprint density at radius 2 is 2.27 bits per heavy atom. The lowest BCUT2D eigenvalue weighted by atomic mass is 9.91. The maximum absolute atomic E-state index is 5.64. The summed E-state index contributed by atoms with van der Waals surface area (Å²) in [5.41, 5.74) is 0. The summed E-state index contributed by atoms with van der Waals surface area (Å²) in [7, 11) is 2.06. The van der Waals surface area contributed by atoms with Crippen LogP contribution in [0.4, 0.5) is 0 Å². The lowest BCUT2D eigenvalue weighted by Gasteiger charge is -2.22. The minimum atomic E-state index is 0.576. The molecule has 2 nitrogen and oxygen atoms in total. The first-order chi connectivity index (χ1) is 7.27. The molecular formula is C13H27NO. The predicted molar refractivity (Wildman–Crippen MR) is 65.1 cm³/mol. The highest BCUT2D eigenvalue weighted by Gasteiger charge is 2.17. The zero-order chi connectivity index (χ0) is 11.1. The number of hydrogen-bond acceptors (Lipinski definition) is 2. The van der Waals surface area contributed by atoms with E-state index in [-0.39, 0.29) is 0 Å². The average molecular weight is 213 g/mol. The third-order valence-corrected chi connectivity index (χ3v) is 3.81. The van der Waals surface area contributed by atoms with E-state index in [0.717, 1.165) is 12.5 Å². The van der Waals surface area contributed by atoms with Gasteiger partial charge in [-0.15, -0.1) is 0 Å². The predicted octanol–water partition coefficient (Wildman–Crippen LogP) is 2.97. The molecular weight excluding hydrogens is 186 g/mol. The largest absolute Gasteiger partial charge is 0.378 e. The van der Waals surface area contributed by atoms with Crippen molar-refractivity contribution in [2.45, 2.75) is 64.5 Å². The normalized spacial score (nSPS) is 25.4. The van der Waals surface area contributed by atoms with Crippen molar-refractivity contribution in [2.75, 3.05) is 13.7 Å². The molecule has 1 heterocycles. The number of nitrogens with one attached hydrogen (secondary N) is 1. The van der Waals surface area contributed by atoms with Crippen LogP contribution in [0.2, 0.25) is 0 Å². The highest BCUT2D eigenvalue weighted by molar-refractivity contribution is 4.71. The fourth-order valence-electron chi connectivity index (χ4n) is 2.52. The molecule has 0 amide bonds. The van der Waals surface area contributed by atoms with Crippen molar-refractivity contribution in [3.8, 4) is 0 Å². The Hall–Kier alpha value is -0.0800. The molecule has 1 aliphatic heterocycles. The third-order valence-electron chi connectivity index (χ3n) is 3.81. The molecule has 3 unspecified atom stereocenters. The molecule has 0 radical (unpaired) electrons. The van der Waals surface area contributed by atoms with Gasteiger partial charge in [0.1, 0.15) is 0 Å².